The van der Waals surface area contributed by atoms with Gasteiger partial charge in [-0.2, -0.15) is 4.36 Å². The Labute approximate surface area is 148 Å². The number of benzene rings is 3. The Morgan fingerprint density at radius 2 is 1.16 bits per heavy atom. The van der Waals surface area contributed by atoms with Crippen LogP contribution in [0.25, 0.3) is 0 Å². The number of amides is 1. The first kappa shape index (κ1) is 17.1. The first-order chi connectivity index (χ1) is 12.1. The third-order valence-electron chi connectivity index (χ3n) is 3.96. The Kier molecular flexibility index (Phi) is 5.10. The third kappa shape index (κ3) is 4.03. The predicted octanol–water partition coefficient (Wildman–Crippen LogP) is 4.50. The number of nitrogens with zero attached hydrogens (tertiary/aromatic N) is 1. The highest BCUT2D eigenvalue weighted by Crippen LogP contribution is 2.27. The molecule has 0 radical (unpaired) electrons. The Hall–Kier alpha value is -2.72. The van der Waals surface area contributed by atoms with E-state index >= 15 is 0 Å². The van der Waals surface area contributed by atoms with E-state index in [1.54, 1.807) is 24.3 Å². The van der Waals surface area contributed by atoms with Crippen molar-refractivity contribution in [3.05, 3.63) is 102 Å². The van der Waals surface area contributed by atoms with Crippen LogP contribution in [0.1, 0.15) is 17.0 Å². The van der Waals surface area contributed by atoms with E-state index < -0.39 is 21.6 Å². The molecule has 0 fully saturated rings. The number of rotatable bonds is 4. The van der Waals surface area contributed by atoms with E-state index in [9.17, 15) is 9.00 Å². The highest BCUT2D eigenvalue weighted by molar-refractivity contribution is 7.93. The number of carbonyl (C=O) groups excluding carboxylic acids is 1. The lowest BCUT2D eigenvalue weighted by molar-refractivity contribution is -0.118. The molecule has 3 rings (SSSR count). The molecule has 1 amide bonds. The van der Waals surface area contributed by atoms with Crippen molar-refractivity contribution in [3.8, 4) is 0 Å². The van der Waals surface area contributed by atoms with Crippen LogP contribution in [0.2, 0.25) is 0 Å². The van der Waals surface area contributed by atoms with Crippen LogP contribution in [-0.2, 0) is 14.5 Å². The summed E-state index contributed by atoms with van der Waals surface area (Å²) in [5.74, 6) is -0.958. The third-order valence-corrected chi connectivity index (χ3v) is 5.63. The first-order valence-electron chi connectivity index (χ1n) is 7.99. The van der Waals surface area contributed by atoms with Crippen molar-refractivity contribution in [2.75, 3.05) is 6.26 Å². The van der Waals surface area contributed by atoms with Crippen LogP contribution in [0.15, 0.2) is 100 Å². The molecular weight excluding hydrogens is 330 g/mol. The smallest absolute Gasteiger partial charge is 0.266 e. The van der Waals surface area contributed by atoms with Crippen LogP contribution in [0.3, 0.4) is 0 Å². The molecule has 25 heavy (non-hydrogen) atoms. The van der Waals surface area contributed by atoms with Gasteiger partial charge in [0.2, 0.25) is 0 Å². The van der Waals surface area contributed by atoms with Crippen molar-refractivity contribution in [1.29, 1.82) is 0 Å². The molecule has 0 saturated heterocycles. The summed E-state index contributed by atoms with van der Waals surface area (Å²) >= 11 is 0. The lowest BCUT2D eigenvalue weighted by Gasteiger charge is -2.15. The van der Waals surface area contributed by atoms with Gasteiger partial charge in [-0.25, -0.2) is 4.21 Å². The zero-order valence-electron chi connectivity index (χ0n) is 13.9. The molecule has 126 valence electrons. The molecule has 4 heteroatoms. The fourth-order valence-corrected chi connectivity index (χ4v) is 3.93. The molecule has 3 nitrogen and oxygen atoms in total. The second kappa shape index (κ2) is 7.45. The Morgan fingerprint density at radius 3 is 1.60 bits per heavy atom. The van der Waals surface area contributed by atoms with E-state index in [0.717, 1.165) is 11.1 Å². The minimum atomic E-state index is -2.80. The molecular formula is C21H19NO2S. The standard InChI is InChI=1S/C21H19NO2S/c1-25(24,19-15-9-4-10-16-19)22-21(23)20(17-11-5-2-6-12-17)18-13-7-3-8-14-18/h2-16,20H,1H3. The van der Waals surface area contributed by atoms with Gasteiger partial charge >= 0.3 is 0 Å². The summed E-state index contributed by atoms with van der Waals surface area (Å²) in [6, 6.07) is 27.8. The van der Waals surface area contributed by atoms with Crippen molar-refractivity contribution in [1.82, 2.24) is 0 Å². The molecule has 0 heterocycles. The molecule has 1 unspecified atom stereocenters. The summed E-state index contributed by atoms with van der Waals surface area (Å²) in [6.07, 6.45) is 1.51. The maximum Gasteiger partial charge on any atom is 0.266 e. The zero-order chi connectivity index (χ0) is 17.7. The summed E-state index contributed by atoms with van der Waals surface area (Å²) in [5, 5.41) is 0. The average Bonchev–Trinajstić information content (AvgIpc) is 2.64. The first-order valence-corrected chi connectivity index (χ1v) is 9.91. The summed E-state index contributed by atoms with van der Waals surface area (Å²) < 4.78 is 17.1. The monoisotopic (exact) mass is 349 g/mol. The van der Waals surface area contributed by atoms with Crippen molar-refractivity contribution >= 4 is 15.6 Å². The molecule has 3 aromatic rings. The molecule has 1 atom stereocenters. The zero-order valence-corrected chi connectivity index (χ0v) is 14.7. The van der Waals surface area contributed by atoms with Crippen LogP contribution in [-0.4, -0.2) is 16.4 Å². The number of hydrogen-bond acceptors (Lipinski definition) is 2. The molecule has 3 aromatic carbocycles. The van der Waals surface area contributed by atoms with Crippen molar-refractivity contribution in [2.45, 2.75) is 10.8 Å². The van der Waals surface area contributed by atoms with Gasteiger partial charge < -0.3 is 0 Å². The maximum absolute atomic E-state index is 13.0. The normalized spacial score (nSPS) is 13.2. The molecule has 0 spiro atoms. The second-order valence-electron chi connectivity index (χ2n) is 5.80. The van der Waals surface area contributed by atoms with Crippen LogP contribution in [0.5, 0.6) is 0 Å². The molecule has 0 aromatic heterocycles. The minimum absolute atomic E-state index is 0.395. The van der Waals surface area contributed by atoms with E-state index in [2.05, 4.69) is 4.36 Å². The maximum atomic E-state index is 13.0. The predicted molar refractivity (Wildman–Crippen MR) is 101 cm³/mol. The number of carbonyl (C=O) groups is 1. The highest BCUT2D eigenvalue weighted by Gasteiger charge is 2.23. The Balaban J connectivity index is 2.07. The van der Waals surface area contributed by atoms with Crippen LogP contribution in [0.4, 0.5) is 0 Å². The van der Waals surface area contributed by atoms with E-state index in [0.29, 0.717) is 4.90 Å². The molecule has 0 saturated carbocycles. The van der Waals surface area contributed by atoms with Gasteiger partial charge in [0, 0.05) is 11.2 Å². The van der Waals surface area contributed by atoms with Gasteiger partial charge in [-0.3, -0.25) is 4.79 Å². The summed E-state index contributed by atoms with van der Waals surface area (Å²) in [7, 11) is -2.80. The molecule has 0 aliphatic carbocycles. The van der Waals surface area contributed by atoms with Gasteiger partial charge in [0.05, 0.1) is 15.6 Å². The van der Waals surface area contributed by atoms with Crippen molar-refractivity contribution < 1.29 is 9.00 Å². The van der Waals surface area contributed by atoms with Crippen molar-refractivity contribution in [3.63, 3.8) is 0 Å². The van der Waals surface area contributed by atoms with Gasteiger partial charge in [0.25, 0.3) is 5.91 Å². The van der Waals surface area contributed by atoms with Gasteiger partial charge in [-0.05, 0) is 23.3 Å². The fourth-order valence-electron chi connectivity index (χ4n) is 2.72. The quantitative estimate of drug-likeness (QED) is 0.696. The lowest BCUT2D eigenvalue weighted by Crippen LogP contribution is -2.14. The summed E-state index contributed by atoms with van der Waals surface area (Å²) in [6.45, 7) is 0. The van der Waals surface area contributed by atoms with Crippen molar-refractivity contribution in [2.24, 2.45) is 4.36 Å². The van der Waals surface area contributed by atoms with Gasteiger partial charge in [-0.15, -0.1) is 0 Å². The molecule has 0 aliphatic rings. The molecule has 0 N–H and O–H groups in total. The van der Waals surface area contributed by atoms with E-state index in [1.165, 1.54) is 6.26 Å². The fraction of sp³-hybridized carbons (Fsp3) is 0.0952. The molecule has 0 bridgehead atoms. The van der Waals surface area contributed by atoms with Crippen LogP contribution >= 0.6 is 0 Å². The van der Waals surface area contributed by atoms with Gasteiger partial charge in [0.15, 0.2) is 0 Å². The largest absolute Gasteiger partial charge is 0.271 e. The second-order valence-corrected chi connectivity index (χ2v) is 8.06. The SMILES string of the molecule is CS(=O)(=NC(=O)C(c1ccccc1)c1ccccc1)c1ccccc1. The number of hydrogen-bond donors (Lipinski definition) is 0. The minimum Gasteiger partial charge on any atom is -0.271 e. The average molecular weight is 349 g/mol. The Bertz CT molecular complexity index is 921. The van der Waals surface area contributed by atoms with E-state index in [1.807, 2.05) is 66.7 Å². The lowest BCUT2D eigenvalue weighted by atomic mass is 9.91. The van der Waals surface area contributed by atoms with E-state index in [-0.39, 0.29) is 0 Å². The van der Waals surface area contributed by atoms with Crippen LogP contribution < -0.4 is 0 Å². The Morgan fingerprint density at radius 1 is 0.760 bits per heavy atom. The highest BCUT2D eigenvalue weighted by atomic mass is 32.2. The van der Waals surface area contributed by atoms with Gasteiger partial charge in [0.1, 0.15) is 0 Å². The molecule has 0 aliphatic heterocycles. The van der Waals surface area contributed by atoms with E-state index in [4.69, 9.17) is 0 Å². The summed E-state index contributed by atoms with van der Waals surface area (Å²) in [5.41, 5.74) is 1.68. The summed E-state index contributed by atoms with van der Waals surface area (Å²) in [4.78, 5) is 13.5. The van der Waals surface area contributed by atoms with Gasteiger partial charge in [-0.1, -0.05) is 78.9 Å². The van der Waals surface area contributed by atoms with Crippen LogP contribution in [0, 0.1) is 0 Å². The topological polar surface area (TPSA) is 46.5 Å².